The van der Waals surface area contributed by atoms with E-state index in [-0.39, 0.29) is 18.5 Å². The molecule has 98 valence electrons. The first-order valence-corrected chi connectivity index (χ1v) is 5.73. The van der Waals surface area contributed by atoms with Crippen LogP contribution in [-0.4, -0.2) is 11.9 Å². The summed E-state index contributed by atoms with van der Waals surface area (Å²) in [5.41, 5.74) is 0.348. The monoisotopic (exact) mass is 250 g/mol. The Morgan fingerprint density at radius 2 is 1.67 bits per heavy atom. The van der Waals surface area contributed by atoms with Gasteiger partial charge in [-0.05, 0) is 38.5 Å². The first kappa shape index (κ1) is 14.2. The molecule has 0 amide bonds. The van der Waals surface area contributed by atoms with Crippen LogP contribution in [0.3, 0.4) is 0 Å². The predicted molar refractivity (Wildman–Crippen MR) is 67.0 cm³/mol. The van der Waals surface area contributed by atoms with Crippen molar-refractivity contribution in [3.63, 3.8) is 0 Å². The third-order valence-electron chi connectivity index (χ3n) is 2.17. The van der Waals surface area contributed by atoms with Crippen molar-refractivity contribution in [3.05, 3.63) is 29.8 Å². The molecule has 0 radical (unpaired) electrons. The minimum Gasteiger partial charge on any atom is -0.460 e. The molecular weight excluding hydrogens is 232 g/mol. The molecule has 0 atom stereocenters. The Balaban J connectivity index is 2.54. The second kappa shape index (κ2) is 5.67. The van der Waals surface area contributed by atoms with Gasteiger partial charge in [0.1, 0.15) is 12.4 Å². The van der Waals surface area contributed by atoms with Gasteiger partial charge in [-0.2, -0.15) is 0 Å². The van der Waals surface area contributed by atoms with Gasteiger partial charge in [-0.1, -0.05) is 12.1 Å². The third kappa shape index (κ3) is 4.57. The fourth-order valence-corrected chi connectivity index (χ4v) is 1.19. The standard InChI is InChI=1S/C14H18O4/c1-10(15)18-12-7-5-11(6-8-12)9-17-13(16)14(2,3)4/h5-8H,9H2,1-4H3. The summed E-state index contributed by atoms with van der Waals surface area (Å²) >= 11 is 0. The number of esters is 2. The van der Waals surface area contributed by atoms with Crippen LogP contribution in [0.1, 0.15) is 33.3 Å². The van der Waals surface area contributed by atoms with E-state index in [1.54, 1.807) is 45.0 Å². The molecule has 1 rings (SSSR count). The highest BCUT2D eigenvalue weighted by Crippen LogP contribution is 2.17. The summed E-state index contributed by atoms with van der Waals surface area (Å²) in [6.07, 6.45) is 0. The molecule has 1 aromatic carbocycles. The molecule has 0 N–H and O–H groups in total. The summed E-state index contributed by atoms with van der Waals surface area (Å²) in [5, 5.41) is 0. The van der Waals surface area contributed by atoms with E-state index in [1.807, 2.05) is 0 Å². The van der Waals surface area contributed by atoms with E-state index in [0.717, 1.165) is 5.56 Å². The molecule has 4 nitrogen and oxygen atoms in total. The van der Waals surface area contributed by atoms with E-state index < -0.39 is 5.41 Å². The van der Waals surface area contributed by atoms with Gasteiger partial charge in [-0.25, -0.2) is 0 Å². The molecule has 0 bridgehead atoms. The van der Waals surface area contributed by atoms with Crippen LogP contribution in [0.2, 0.25) is 0 Å². The van der Waals surface area contributed by atoms with Gasteiger partial charge in [0.25, 0.3) is 0 Å². The normalized spacial score (nSPS) is 10.9. The maximum atomic E-state index is 11.6. The van der Waals surface area contributed by atoms with Gasteiger partial charge in [-0.3, -0.25) is 9.59 Å². The van der Waals surface area contributed by atoms with E-state index in [9.17, 15) is 9.59 Å². The fraction of sp³-hybridized carbons (Fsp3) is 0.429. The highest BCUT2D eigenvalue weighted by Gasteiger charge is 2.22. The minimum atomic E-state index is -0.502. The van der Waals surface area contributed by atoms with Crippen LogP contribution in [0.5, 0.6) is 5.75 Å². The van der Waals surface area contributed by atoms with E-state index in [2.05, 4.69) is 0 Å². The summed E-state index contributed by atoms with van der Waals surface area (Å²) in [6.45, 7) is 6.98. The summed E-state index contributed by atoms with van der Waals surface area (Å²) in [7, 11) is 0. The number of hydrogen-bond acceptors (Lipinski definition) is 4. The highest BCUT2D eigenvalue weighted by atomic mass is 16.5. The van der Waals surface area contributed by atoms with Gasteiger partial charge in [-0.15, -0.1) is 0 Å². The van der Waals surface area contributed by atoms with Crippen LogP contribution in [0.4, 0.5) is 0 Å². The van der Waals surface area contributed by atoms with Gasteiger partial charge in [0, 0.05) is 6.92 Å². The SMILES string of the molecule is CC(=O)Oc1ccc(COC(=O)C(C)(C)C)cc1. The molecule has 0 saturated heterocycles. The zero-order chi connectivity index (χ0) is 13.8. The van der Waals surface area contributed by atoms with Gasteiger partial charge >= 0.3 is 11.9 Å². The molecule has 1 aromatic rings. The minimum absolute atomic E-state index is 0.219. The van der Waals surface area contributed by atoms with Gasteiger partial charge in [0.2, 0.25) is 0 Å². The largest absolute Gasteiger partial charge is 0.460 e. The predicted octanol–water partition coefficient (Wildman–Crippen LogP) is 2.70. The molecule has 4 heteroatoms. The Labute approximate surface area is 107 Å². The van der Waals surface area contributed by atoms with Crippen molar-refractivity contribution in [3.8, 4) is 5.75 Å². The summed E-state index contributed by atoms with van der Waals surface area (Å²) in [6, 6.07) is 6.85. The molecule has 0 aliphatic heterocycles. The summed E-state index contributed by atoms with van der Waals surface area (Å²) in [4.78, 5) is 22.3. The van der Waals surface area contributed by atoms with E-state index in [1.165, 1.54) is 6.92 Å². The van der Waals surface area contributed by atoms with Crippen molar-refractivity contribution in [2.75, 3.05) is 0 Å². The lowest BCUT2D eigenvalue weighted by Crippen LogP contribution is -2.22. The smallest absolute Gasteiger partial charge is 0.311 e. The number of carbonyl (C=O) groups is 2. The lowest BCUT2D eigenvalue weighted by atomic mass is 9.97. The van der Waals surface area contributed by atoms with E-state index in [4.69, 9.17) is 9.47 Å². The Bertz CT molecular complexity index is 426. The topological polar surface area (TPSA) is 52.6 Å². The molecule has 0 aliphatic carbocycles. The Morgan fingerprint density at radius 1 is 1.11 bits per heavy atom. The van der Waals surface area contributed by atoms with Gasteiger partial charge in [0.15, 0.2) is 0 Å². The first-order valence-electron chi connectivity index (χ1n) is 5.73. The molecule has 0 fully saturated rings. The maximum absolute atomic E-state index is 11.6. The van der Waals surface area contributed by atoms with Crippen molar-refractivity contribution in [2.24, 2.45) is 5.41 Å². The molecule has 0 aliphatic rings. The van der Waals surface area contributed by atoms with Crippen LogP contribution in [0.25, 0.3) is 0 Å². The molecule has 0 unspecified atom stereocenters. The average Bonchev–Trinajstić information content (AvgIpc) is 2.25. The Hall–Kier alpha value is -1.84. The molecule has 0 saturated carbocycles. The Kier molecular flexibility index (Phi) is 4.48. The fourth-order valence-electron chi connectivity index (χ4n) is 1.19. The quantitative estimate of drug-likeness (QED) is 0.611. The molecule has 0 aromatic heterocycles. The van der Waals surface area contributed by atoms with Crippen molar-refractivity contribution in [1.82, 2.24) is 0 Å². The number of ether oxygens (including phenoxy) is 2. The first-order chi connectivity index (χ1) is 8.29. The van der Waals surface area contributed by atoms with Crippen LogP contribution >= 0.6 is 0 Å². The summed E-state index contributed by atoms with van der Waals surface area (Å²) in [5.74, 6) is -0.123. The van der Waals surface area contributed by atoms with Crippen molar-refractivity contribution in [2.45, 2.75) is 34.3 Å². The van der Waals surface area contributed by atoms with Crippen LogP contribution < -0.4 is 4.74 Å². The maximum Gasteiger partial charge on any atom is 0.311 e. The van der Waals surface area contributed by atoms with E-state index in [0.29, 0.717) is 5.75 Å². The number of carbonyl (C=O) groups excluding carboxylic acids is 2. The van der Waals surface area contributed by atoms with Crippen LogP contribution in [-0.2, 0) is 20.9 Å². The molecule has 0 spiro atoms. The number of hydrogen-bond donors (Lipinski definition) is 0. The molecule has 0 heterocycles. The average molecular weight is 250 g/mol. The second-order valence-corrected chi connectivity index (χ2v) is 5.06. The van der Waals surface area contributed by atoms with Gasteiger partial charge in [0.05, 0.1) is 5.41 Å². The van der Waals surface area contributed by atoms with Gasteiger partial charge < -0.3 is 9.47 Å². The highest BCUT2D eigenvalue weighted by molar-refractivity contribution is 5.75. The van der Waals surface area contributed by atoms with Crippen molar-refractivity contribution < 1.29 is 19.1 Å². The van der Waals surface area contributed by atoms with Crippen molar-refractivity contribution >= 4 is 11.9 Å². The van der Waals surface area contributed by atoms with Crippen LogP contribution in [0.15, 0.2) is 24.3 Å². The third-order valence-corrected chi connectivity index (χ3v) is 2.17. The Morgan fingerprint density at radius 3 is 2.11 bits per heavy atom. The lowest BCUT2D eigenvalue weighted by Gasteiger charge is -2.16. The molecular formula is C14H18O4. The zero-order valence-electron chi connectivity index (χ0n) is 11.1. The lowest BCUT2D eigenvalue weighted by molar-refractivity contribution is -0.154. The number of rotatable bonds is 3. The van der Waals surface area contributed by atoms with Crippen molar-refractivity contribution in [1.29, 1.82) is 0 Å². The summed E-state index contributed by atoms with van der Waals surface area (Å²) < 4.78 is 10.1. The second-order valence-electron chi connectivity index (χ2n) is 5.06. The van der Waals surface area contributed by atoms with E-state index >= 15 is 0 Å². The molecule has 18 heavy (non-hydrogen) atoms. The zero-order valence-corrected chi connectivity index (χ0v) is 11.1. The van der Waals surface area contributed by atoms with Crippen LogP contribution in [0, 0.1) is 5.41 Å². The number of benzene rings is 1.